The predicted octanol–water partition coefficient (Wildman–Crippen LogP) is 5.38. The topological polar surface area (TPSA) is 66.9 Å². The van der Waals surface area contributed by atoms with E-state index in [2.05, 4.69) is 15.9 Å². The molecule has 2 fully saturated rings. The van der Waals surface area contributed by atoms with Crippen molar-refractivity contribution >= 4 is 62.6 Å². The van der Waals surface area contributed by atoms with E-state index < -0.39 is 23.9 Å². The summed E-state index contributed by atoms with van der Waals surface area (Å²) in [6.07, 6.45) is 3.83. The van der Waals surface area contributed by atoms with Gasteiger partial charge in [0.05, 0.1) is 30.7 Å². The zero-order valence-electron chi connectivity index (χ0n) is 19.1. The molecule has 8 heteroatoms. The van der Waals surface area contributed by atoms with Gasteiger partial charge in [-0.2, -0.15) is 0 Å². The number of carbonyl (C=O) groups excluding carboxylic acids is 3. The Labute approximate surface area is 221 Å². The number of benzene rings is 3. The molecule has 3 aromatic carbocycles. The number of halogens is 2. The number of ketones is 1. The van der Waals surface area contributed by atoms with Crippen LogP contribution in [0.5, 0.6) is 5.75 Å². The van der Waals surface area contributed by atoms with Crippen LogP contribution in [0.2, 0.25) is 5.02 Å². The zero-order chi connectivity index (χ0) is 25.1. The molecule has 3 aliphatic rings. The van der Waals surface area contributed by atoms with Crippen LogP contribution in [0, 0.1) is 11.8 Å². The molecule has 0 aromatic heterocycles. The maximum absolute atomic E-state index is 14.0. The molecule has 6 rings (SSSR count). The molecular weight excluding hydrogens is 544 g/mol. The Hall–Kier alpha value is -3.42. The summed E-state index contributed by atoms with van der Waals surface area (Å²) in [5.74, 6) is -1.77. The predicted molar refractivity (Wildman–Crippen MR) is 141 cm³/mol. The van der Waals surface area contributed by atoms with Gasteiger partial charge in [0.2, 0.25) is 11.8 Å². The minimum Gasteiger partial charge on any atom is -0.497 e. The fraction of sp³-hybridized carbons (Fsp3) is 0.179. The smallest absolute Gasteiger partial charge is 0.240 e. The standard InChI is InChI=1S/C28H20BrClN2O4/c1-36-20-10-8-19(9-11-20)31-27(34)23-22-12-4-16-14-18(30)7-13-21(16)32(22)25(24(23)28(31)35)26(33)15-2-5-17(29)6-3-15/h2-14,22-25H,1H3. The lowest BCUT2D eigenvalue weighted by Crippen LogP contribution is -2.48. The lowest BCUT2D eigenvalue weighted by molar-refractivity contribution is -0.122. The summed E-state index contributed by atoms with van der Waals surface area (Å²) in [5, 5.41) is 0.574. The monoisotopic (exact) mass is 562 g/mol. The van der Waals surface area contributed by atoms with Gasteiger partial charge in [0, 0.05) is 20.7 Å². The van der Waals surface area contributed by atoms with Gasteiger partial charge in [-0.15, -0.1) is 0 Å². The SMILES string of the molecule is COc1ccc(N2C(=O)C3C(C2=O)C(C(=O)c2ccc(Br)cc2)N2c4ccc(Cl)cc4C=CC32)cc1. The first-order valence-corrected chi connectivity index (χ1v) is 12.6. The van der Waals surface area contributed by atoms with Crippen LogP contribution in [-0.2, 0) is 9.59 Å². The highest BCUT2D eigenvalue weighted by Gasteiger charge is 2.64. The maximum atomic E-state index is 14.0. The summed E-state index contributed by atoms with van der Waals surface area (Å²) in [5.41, 5.74) is 2.58. The van der Waals surface area contributed by atoms with Crippen LogP contribution >= 0.6 is 27.5 Å². The molecular formula is C28H20BrClN2O4. The lowest BCUT2D eigenvalue weighted by Gasteiger charge is -2.36. The molecule has 4 atom stereocenters. The van der Waals surface area contributed by atoms with E-state index >= 15 is 0 Å². The molecule has 0 aliphatic carbocycles. The number of ether oxygens (including phenoxy) is 1. The summed E-state index contributed by atoms with van der Waals surface area (Å²) in [6.45, 7) is 0. The van der Waals surface area contributed by atoms with Crippen LogP contribution in [0.4, 0.5) is 11.4 Å². The lowest BCUT2D eigenvalue weighted by atomic mass is 9.86. The first kappa shape index (κ1) is 23.0. The van der Waals surface area contributed by atoms with Crippen molar-refractivity contribution in [3.63, 3.8) is 0 Å². The molecule has 180 valence electrons. The van der Waals surface area contributed by atoms with Crippen LogP contribution in [-0.4, -0.2) is 36.8 Å². The number of hydrogen-bond donors (Lipinski definition) is 0. The average Bonchev–Trinajstić information content (AvgIpc) is 3.36. The van der Waals surface area contributed by atoms with Crippen molar-refractivity contribution in [2.75, 3.05) is 16.9 Å². The number of nitrogens with zero attached hydrogens (tertiary/aromatic N) is 2. The highest BCUT2D eigenvalue weighted by Crippen LogP contribution is 2.50. The number of rotatable bonds is 4. The Morgan fingerprint density at radius 2 is 1.64 bits per heavy atom. The van der Waals surface area contributed by atoms with E-state index in [1.54, 1.807) is 61.7 Å². The minimum absolute atomic E-state index is 0.200. The third kappa shape index (κ3) is 3.41. The molecule has 0 spiro atoms. The van der Waals surface area contributed by atoms with Crippen LogP contribution in [0.25, 0.3) is 6.08 Å². The number of carbonyl (C=O) groups is 3. The Morgan fingerprint density at radius 1 is 0.944 bits per heavy atom. The van der Waals surface area contributed by atoms with Crippen LogP contribution in [0.15, 0.2) is 77.3 Å². The van der Waals surface area contributed by atoms with E-state index in [1.165, 1.54) is 4.90 Å². The van der Waals surface area contributed by atoms with Gasteiger partial charge in [-0.05, 0) is 60.2 Å². The molecule has 36 heavy (non-hydrogen) atoms. The second-order valence-corrected chi connectivity index (χ2v) is 10.4. The second-order valence-electron chi connectivity index (χ2n) is 9.04. The molecule has 4 unspecified atom stereocenters. The average molecular weight is 564 g/mol. The Balaban J connectivity index is 1.47. The number of fused-ring (bicyclic) bond motifs is 5. The Morgan fingerprint density at radius 3 is 2.33 bits per heavy atom. The Bertz CT molecular complexity index is 1440. The third-order valence-electron chi connectivity index (χ3n) is 7.20. The number of imide groups is 1. The van der Waals surface area contributed by atoms with Gasteiger partial charge in [-0.25, -0.2) is 4.90 Å². The van der Waals surface area contributed by atoms with E-state index in [9.17, 15) is 14.4 Å². The molecule has 0 radical (unpaired) electrons. The van der Waals surface area contributed by atoms with E-state index in [1.807, 2.05) is 29.2 Å². The molecule has 2 amide bonds. The molecule has 0 N–H and O–H groups in total. The van der Waals surface area contributed by atoms with Gasteiger partial charge < -0.3 is 9.64 Å². The van der Waals surface area contributed by atoms with Gasteiger partial charge in [-0.1, -0.05) is 51.8 Å². The number of amides is 2. The fourth-order valence-corrected chi connectivity index (χ4v) is 6.06. The summed E-state index contributed by atoms with van der Waals surface area (Å²) < 4.78 is 6.06. The van der Waals surface area contributed by atoms with Crippen molar-refractivity contribution in [2.24, 2.45) is 11.8 Å². The molecule has 2 saturated heterocycles. The van der Waals surface area contributed by atoms with Crippen molar-refractivity contribution < 1.29 is 19.1 Å². The summed E-state index contributed by atoms with van der Waals surface area (Å²) in [6, 6.07) is 18.0. The zero-order valence-corrected chi connectivity index (χ0v) is 21.4. The molecule has 3 aliphatic heterocycles. The van der Waals surface area contributed by atoms with E-state index in [0.717, 1.165) is 15.7 Å². The number of hydrogen-bond acceptors (Lipinski definition) is 5. The van der Waals surface area contributed by atoms with Crippen LogP contribution in [0.1, 0.15) is 15.9 Å². The van der Waals surface area contributed by atoms with Crippen molar-refractivity contribution in [2.45, 2.75) is 12.1 Å². The molecule has 3 heterocycles. The van der Waals surface area contributed by atoms with Crippen molar-refractivity contribution in [3.8, 4) is 5.75 Å². The summed E-state index contributed by atoms with van der Waals surface area (Å²) >= 11 is 9.64. The van der Waals surface area contributed by atoms with Gasteiger partial charge in [0.15, 0.2) is 5.78 Å². The van der Waals surface area contributed by atoms with Gasteiger partial charge in [0.1, 0.15) is 11.8 Å². The van der Waals surface area contributed by atoms with Crippen molar-refractivity contribution in [1.29, 1.82) is 0 Å². The van der Waals surface area contributed by atoms with E-state index in [4.69, 9.17) is 16.3 Å². The highest BCUT2D eigenvalue weighted by atomic mass is 79.9. The van der Waals surface area contributed by atoms with E-state index in [0.29, 0.717) is 22.0 Å². The number of methoxy groups -OCH3 is 1. The quantitative estimate of drug-likeness (QED) is 0.315. The van der Waals surface area contributed by atoms with Gasteiger partial charge in [-0.3, -0.25) is 14.4 Å². The largest absolute Gasteiger partial charge is 0.497 e. The minimum atomic E-state index is -0.842. The fourth-order valence-electron chi connectivity index (χ4n) is 5.61. The maximum Gasteiger partial charge on any atom is 0.240 e. The third-order valence-corrected chi connectivity index (χ3v) is 7.96. The Kier molecular flexibility index (Phi) is 5.50. The van der Waals surface area contributed by atoms with E-state index in [-0.39, 0.29) is 17.6 Å². The summed E-state index contributed by atoms with van der Waals surface area (Å²) in [4.78, 5) is 44.9. The second kappa shape index (κ2) is 8.61. The number of anilines is 2. The van der Waals surface area contributed by atoms with Gasteiger partial charge >= 0.3 is 0 Å². The van der Waals surface area contributed by atoms with Crippen molar-refractivity contribution in [1.82, 2.24) is 0 Å². The van der Waals surface area contributed by atoms with Crippen molar-refractivity contribution in [3.05, 3.63) is 93.4 Å². The molecule has 6 nitrogen and oxygen atoms in total. The highest BCUT2D eigenvalue weighted by molar-refractivity contribution is 9.10. The van der Waals surface area contributed by atoms with Crippen LogP contribution in [0.3, 0.4) is 0 Å². The molecule has 0 saturated carbocycles. The van der Waals surface area contributed by atoms with Crippen LogP contribution < -0.4 is 14.5 Å². The first-order chi connectivity index (χ1) is 17.4. The normalized spacial score (nSPS) is 24.0. The molecule has 3 aromatic rings. The van der Waals surface area contributed by atoms with Gasteiger partial charge in [0.25, 0.3) is 0 Å². The first-order valence-electron chi connectivity index (χ1n) is 11.5. The summed E-state index contributed by atoms with van der Waals surface area (Å²) in [7, 11) is 1.55. The molecule has 0 bridgehead atoms. The number of Topliss-reactive ketones (excluding diaryl/α,β-unsaturated/α-hetero) is 1.